The van der Waals surface area contributed by atoms with Gasteiger partial charge in [-0.05, 0) is 42.0 Å². The zero-order valence-electron chi connectivity index (χ0n) is 10.1. The lowest BCUT2D eigenvalue weighted by atomic mass is 9.94. The van der Waals surface area contributed by atoms with Crippen molar-refractivity contribution < 1.29 is 0 Å². The van der Waals surface area contributed by atoms with E-state index in [0.29, 0.717) is 0 Å². The predicted octanol–water partition coefficient (Wildman–Crippen LogP) is 3.14. The second-order valence-electron chi connectivity index (χ2n) is 4.88. The average Bonchev–Trinajstić information content (AvgIpc) is 2.49. The van der Waals surface area contributed by atoms with Gasteiger partial charge in [-0.3, -0.25) is 0 Å². The van der Waals surface area contributed by atoms with Crippen LogP contribution in [0.4, 0.5) is 0 Å². The minimum atomic E-state index is 0.0311. The Bertz CT molecular complexity index is 557. The summed E-state index contributed by atoms with van der Waals surface area (Å²) in [7, 11) is 0. The largest absolute Gasteiger partial charge is 0.320 e. The van der Waals surface area contributed by atoms with Crippen LogP contribution in [-0.2, 0) is 12.8 Å². The van der Waals surface area contributed by atoms with Crippen molar-refractivity contribution in [2.45, 2.75) is 25.8 Å². The smallest absolute Gasteiger partial charge is 0.0557 e. The van der Waals surface area contributed by atoms with Gasteiger partial charge in [-0.1, -0.05) is 48.0 Å². The molecular weight excluding hydrogens is 206 g/mol. The summed E-state index contributed by atoms with van der Waals surface area (Å²) in [5.74, 6) is 0. The van der Waals surface area contributed by atoms with E-state index in [1.165, 1.54) is 27.8 Å². The van der Waals surface area contributed by atoms with Gasteiger partial charge in [-0.15, -0.1) is 0 Å². The van der Waals surface area contributed by atoms with Crippen molar-refractivity contribution in [1.82, 2.24) is 0 Å². The monoisotopic (exact) mass is 223 g/mol. The fourth-order valence-corrected chi connectivity index (χ4v) is 2.73. The zero-order valence-corrected chi connectivity index (χ0v) is 10.1. The molecule has 0 aromatic heterocycles. The van der Waals surface area contributed by atoms with Gasteiger partial charge in [0.15, 0.2) is 0 Å². The maximum Gasteiger partial charge on any atom is 0.0557 e. The molecule has 2 aromatic carbocycles. The second kappa shape index (κ2) is 4.01. The Balaban J connectivity index is 2.18. The van der Waals surface area contributed by atoms with Crippen molar-refractivity contribution in [2.75, 3.05) is 0 Å². The molecule has 0 fully saturated rings. The Hall–Kier alpha value is -1.60. The minimum Gasteiger partial charge on any atom is -0.320 e. The van der Waals surface area contributed by atoms with Crippen molar-refractivity contribution in [2.24, 2.45) is 5.73 Å². The summed E-state index contributed by atoms with van der Waals surface area (Å²) >= 11 is 0. The molecule has 0 bridgehead atoms. The maximum atomic E-state index is 6.43. The van der Waals surface area contributed by atoms with E-state index in [2.05, 4.69) is 49.4 Å². The van der Waals surface area contributed by atoms with Gasteiger partial charge in [0, 0.05) is 0 Å². The number of fused-ring (bicyclic) bond motifs is 2. The first-order valence-corrected chi connectivity index (χ1v) is 6.18. The molecule has 1 unspecified atom stereocenters. The molecular formula is C16H17N. The quantitative estimate of drug-likeness (QED) is 0.729. The molecule has 0 heterocycles. The van der Waals surface area contributed by atoms with E-state index in [-0.39, 0.29) is 6.04 Å². The van der Waals surface area contributed by atoms with Gasteiger partial charge in [0.1, 0.15) is 0 Å². The summed E-state index contributed by atoms with van der Waals surface area (Å²) < 4.78 is 0. The van der Waals surface area contributed by atoms with Gasteiger partial charge in [0.05, 0.1) is 6.04 Å². The van der Waals surface area contributed by atoms with E-state index in [0.717, 1.165) is 12.8 Å². The van der Waals surface area contributed by atoms with E-state index >= 15 is 0 Å². The van der Waals surface area contributed by atoms with Gasteiger partial charge in [-0.2, -0.15) is 0 Å². The highest BCUT2D eigenvalue weighted by Crippen LogP contribution is 2.31. The van der Waals surface area contributed by atoms with Crippen molar-refractivity contribution in [3.8, 4) is 0 Å². The molecule has 0 radical (unpaired) electrons. The third kappa shape index (κ3) is 1.77. The van der Waals surface area contributed by atoms with Gasteiger partial charge in [-0.25, -0.2) is 0 Å². The van der Waals surface area contributed by atoms with Crippen LogP contribution in [0.5, 0.6) is 0 Å². The molecule has 1 nitrogen and oxygen atoms in total. The molecule has 0 amide bonds. The first-order chi connectivity index (χ1) is 8.25. The van der Waals surface area contributed by atoms with E-state index in [9.17, 15) is 0 Å². The normalized spacial score (nSPS) is 18.1. The summed E-state index contributed by atoms with van der Waals surface area (Å²) in [4.78, 5) is 0. The van der Waals surface area contributed by atoms with Crippen molar-refractivity contribution in [3.05, 3.63) is 70.3 Å². The molecule has 1 aliphatic carbocycles. The van der Waals surface area contributed by atoms with E-state index in [1.807, 2.05) is 0 Å². The van der Waals surface area contributed by atoms with Crippen LogP contribution in [-0.4, -0.2) is 0 Å². The van der Waals surface area contributed by atoms with Crippen molar-refractivity contribution in [1.29, 1.82) is 0 Å². The zero-order chi connectivity index (χ0) is 11.8. The lowest BCUT2D eigenvalue weighted by Crippen LogP contribution is -2.13. The average molecular weight is 223 g/mol. The summed E-state index contributed by atoms with van der Waals surface area (Å²) in [5.41, 5.74) is 13.1. The third-order valence-corrected chi connectivity index (χ3v) is 3.69. The number of hydrogen-bond acceptors (Lipinski definition) is 1. The molecule has 0 saturated carbocycles. The Morgan fingerprint density at radius 2 is 1.65 bits per heavy atom. The molecule has 0 aliphatic heterocycles. The number of benzene rings is 2. The minimum absolute atomic E-state index is 0.0311. The van der Waals surface area contributed by atoms with E-state index in [1.54, 1.807) is 0 Å². The van der Waals surface area contributed by atoms with E-state index < -0.39 is 0 Å². The van der Waals surface area contributed by atoms with Gasteiger partial charge in [0.25, 0.3) is 0 Å². The van der Waals surface area contributed by atoms with Gasteiger partial charge >= 0.3 is 0 Å². The molecule has 1 atom stereocenters. The molecule has 2 aromatic rings. The number of nitrogens with two attached hydrogens (primary N) is 1. The van der Waals surface area contributed by atoms with Gasteiger partial charge in [0.2, 0.25) is 0 Å². The first kappa shape index (κ1) is 10.5. The highest BCUT2D eigenvalue weighted by atomic mass is 14.6. The third-order valence-electron chi connectivity index (χ3n) is 3.69. The van der Waals surface area contributed by atoms with Crippen LogP contribution in [0.3, 0.4) is 0 Å². The molecule has 2 N–H and O–H groups in total. The highest BCUT2D eigenvalue weighted by molar-refractivity contribution is 5.45. The molecule has 3 rings (SSSR count). The van der Waals surface area contributed by atoms with Crippen LogP contribution in [0, 0.1) is 6.92 Å². The van der Waals surface area contributed by atoms with Gasteiger partial charge < -0.3 is 5.73 Å². The predicted molar refractivity (Wildman–Crippen MR) is 71.1 cm³/mol. The lowest BCUT2D eigenvalue weighted by Gasteiger charge is -2.15. The number of hydrogen-bond donors (Lipinski definition) is 1. The molecule has 86 valence electrons. The fraction of sp³-hybridized carbons (Fsp3) is 0.250. The van der Waals surface area contributed by atoms with E-state index in [4.69, 9.17) is 5.73 Å². The SMILES string of the molecule is Cc1ccc2c(c1)C(N)c1ccccc1CC2. The number of rotatable bonds is 0. The topological polar surface area (TPSA) is 26.0 Å². The van der Waals surface area contributed by atoms with Crippen molar-refractivity contribution >= 4 is 0 Å². The van der Waals surface area contributed by atoms with Crippen LogP contribution in [0.15, 0.2) is 42.5 Å². The Morgan fingerprint density at radius 3 is 2.47 bits per heavy atom. The molecule has 1 aliphatic rings. The van der Waals surface area contributed by atoms with Crippen LogP contribution >= 0.6 is 0 Å². The summed E-state index contributed by atoms with van der Waals surface area (Å²) in [6.45, 7) is 2.13. The molecule has 1 heteroatoms. The highest BCUT2D eigenvalue weighted by Gasteiger charge is 2.19. The Kier molecular flexibility index (Phi) is 2.49. The number of aryl methyl sites for hydroxylation is 3. The summed E-state index contributed by atoms with van der Waals surface area (Å²) in [6.07, 6.45) is 2.19. The molecule has 0 spiro atoms. The van der Waals surface area contributed by atoms with Crippen LogP contribution < -0.4 is 5.73 Å². The molecule has 0 saturated heterocycles. The maximum absolute atomic E-state index is 6.43. The summed E-state index contributed by atoms with van der Waals surface area (Å²) in [5, 5.41) is 0. The van der Waals surface area contributed by atoms with Crippen LogP contribution in [0.1, 0.15) is 33.9 Å². The van der Waals surface area contributed by atoms with Crippen LogP contribution in [0.2, 0.25) is 0 Å². The lowest BCUT2D eigenvalue weighted by molar-refractivity contribution is 0.862. The Morgan fingerprint density at radius 1 is 0.941 bits per heavy atom. The van der Waals surface area contributed by atoms with Crippen LogP contribution in [0.25, 0.3) is 0 Å². The molecule has 17 heavy (non-hydrogen) atoms. The second-order valence-corrected chi connectivity index (χ2v) is 4.88. The Labute approximate surface area is 102 Å². The fourth-order valence-electron chi connectivity index (χ4n) is 2.73. The standard InChI is InChI=1S/C16H17N/c1-11-6-7-13-9-8-12-4-2-3-5-14(12)16(17)15(13)10-11/h2-7,10,16H,8-9,17H2,1H3. The summed E-state index contributed by atoms with van der Waals surface area (Å²) in [6, 6.07) is 15.2. The van der Waals surface area contributed by atoms with Crippen molar-refractivity contribution in [3.63, 3.8) is 0 Å². The first-order valence-electron chi connectivity index (χ1n) is 6.18.